The SMILES string of the molecule is CCN(CC)C(=O)CCNCc1c(C)nc2scc(C)n12. The minimum absolute atomic E-state index is 0.217. The number of rotatable bonds is 7. The average molecular weight is 308 g/mol. The highest BCUT2D eigenvalue weighted by Crippen LogP contribution is 2.20. The number of thiazole rings is 1. The normalized spacial score (nSPS) is 11.2. The van der Waals surface area contributed by atoms with Gasteiger partial charge < -0.3 is 10.2 Å². The van der Waals surface area contributed by atoms with Gasteiger partial charge >= 0.3 is 0 Å². The van der Waals surface area contributed by atoms with Crippen LogP contribution in [0.1, 0.15) is 37.4 Å². The molecule has 116 valence electrons. The van der Waals surface area contributed by atoms with Crippen LogP contribution in [0.4, 0.5) is 0 Å². The number of amides is 1. The molecule has 2 rings (SSSR count). The number of nitrogens with zero attached hydrogens (tertiary/aromatic N) is 3. The predicted molar refractivity (Wildman–Crippen MR) is 86.8 cm³/mol. The third-order valence-electron chi connectivity index (χ3n) is 3.75. The van der Waals surface area contributed by atoms with E-state index in [4.69, 9.17) is 0 Å². The van der Waals surface area contributed by atoms with E-state index < -0.39 is 0 Å². The van der Waals surface area contributed by atoms with Gasteiger partial charge in [0.05, 0.1) is 11.4 Å². The molecular weight excluding hydrogens is 284 g/mol. The fourth-order valence-electron chi connectivity index (χ4n) is 2.51. The molecule has 6 heteroatoms. The smallest absolute Gasteiger partial charge is 0.223 e. The number of hydrogen-bond donors (Lipinski definition) is 1. The lowest BCUT2D eigenvalue weighted by atomic mass is 10.3. The second kappa shape index (κ2) is 7.04. The molecule has 0 fully saturated rings. The largest absolute Gasteiger partial charge is 0.343 e. The highest BCUT2D eigenvalue weighted by molar-refractivity contribution is 7.15. The maximum atomic E-state index is 11.9. The Kier molecular flexibility index (Phi) is 5.36. The number of carbonyl (C=O) groups is 1. The Morgan fingerprint density at radius 3 is 2.76 bits per heavy atom. The summed E-state index contributed by atoms with van der Waals surface area (Å²) in [5, 5.41) is 5.49. The van der Waals surface area contributed by atoms with Gasteiger partial charge in [0.2, 0.25) is 5.91 Å². The molecule has 0 aliphatic rings. The van der Waals surface area contributed by atoms with Crippen molar-refractivity contribution in [3.8, 4) is 0 Å². The molecule has 0 saturated heterocycles. The Hall–Kier alpha value is -1.40. The van der Waals surface area contributed by atoms with Crippen LogP contribution in [-0.4, -0.2) is 39.8 Å². The molecule has 1 N–H and O–H groups in total. The molecular formula is C15H24N4OS. The first-order valence-electron chi connectivity index (χ1n) is 7.49. The molecule has 0 bridgehead atoms. The third-order valence-corrected chi connectivity index (χ3v) is 4.70. The molecule has 2 aromatic heterocycles. The molecule has 0 atom stereocenters. The van der Waals surface area contributed by atoms with Crippen molar-refractivity contribution in [2.75, 3.05) is 19.6 Å². The van der Waals surface area contributed by atoms with Crippen molar-refractivity contribution in [1.29, 1.82) is 0 Å². The quantitative estimate of drug-likeness (QED) is 0.799. The van der Waals surface area contributed by atoms with E-state index >= 15 is 0 Å². The summed E-state index contributed by atoms with van der Waals surface area (Å²) in [6.07, 6.45) is 0.547. The maximum absolute atomic E-state index is 11.9. The Bertz CT molecular complexity index is 612. The van der Waals surface area contributed by atoms with E-state index in [9.17, 15) is 4.79 Å². The zero-order valence-electron chi connectivity index (χ0n) is 13.3. The molecule has 2 aromatic rings. The van der Waals surface area contributed by atoms with Crippen LogP contribution in [-0.2, 0) is 11.3 Å². The summed E-state index contributed by atoms with van der Waals surface area (Å²) in [5.41, 5.74) is 3.47. The molecule has 1 amide bonds. The van der Waals surface area contributed by atoms with Crippen molar-refractivity contribution in [3.63, 3.8) is 0 Å². The second-order valence-electron chi connectivity index (χ2n) is 5.13. The molecule has 0 aliphatic heterocycles. The van der Waals surface area contributed by atoms with Crippen molar-refractivity contribution < 1.29 is 4.79 Å². The molecule has 2 heterocycles. The fraction of sp³-hybridized carbons (Fsp3) is 0.600. The van der Waals surface area contributed by atoms with Crippen LogP contribution in [0.15, 0.2) is 5.38 Å². The van der Waals surface area contributed by atoms with Crippen molar-refractivity contribution in [2.24, 2.45) is 0 Å². The van der Waals surface area contributed by atoms with Gasteiger partial charge in [-0.3, -0.25) is 9.20 Å². The Morgan fingerprint density at radius 2 is 2.10 bits per heavy atom. The Balaban J connectivity index is 1.89. The summed E-state index contributed by atoms with van der Waals surface area (Å²) in [6.45, 7) is 11.2. The van der Waals surface area contributed by atoms with Gasteiger partial charge in [-0.25, -0.2) is 4.98 Å². The Morgan fingerprint density at radius 1 is 1.38 bits per heavy atom. The topological polar surface area (TPSA) is 49.6 Å². The van der Waals surface area contributed by atoms with Gasteiger partial charge in [-0.2, -0.15) is 0 Å². The van der Waals surface area contributed by atoms with Crippen molar-refractivity contribution in [3.05, 3.63) is 22.5 Å². The van der Waals surface area contributed by atoms with Crippen LogP contribution in [0.3, 0.4) is 0 Å². The van der Waals surface area contributed by atoms with Gasteiger partial charge in [-0.05, 0) is 27.7 Å². The van der Waals surface area contributed by atoms with E-state index in [1.165, 1.54) is 11.4 Å². The zero-order valence-corrected chi connectivity index (χ0v) is 14.1. The van der Waals surface area contributed by atoms with E-state index in [1.54, 1.807) is 11.3 Å². The lowest BCUT2D eigenvalue weighted by Gasteiger charge is -2.18. The van der Waals surface area contributed by atoms with E-state index in [-0.39, 0.29) is 5.91 Å². The van der Waals surface area contributed by atoms with Crippen molar-refractivity contribution >= 4 is 22.2 Å². The van der Waals surface area contributed by atoms with Gasteiger partial charge in [-0.1, -0.05) is 0 Å². The van der Waals surface area contributed by atoms with Gasteiger partial charge in [0, 0.05) is 43.7 Å². The van der Waals surface area contributed by atoms with Crippen molar-refractivity contribution in [1.82, 2.24) is 19.6 Å². The lowest BCUT2D eigenvalue weighted by molar-refractivity contribution is -0.130. The van der Waals surface area contributed by atoms with E-state index in [1.807, 2.05) is 25.7 Å². The standard InChI is InChI=1S/C15H24N4OS/c1-5-18(6-2)14(20)7-8-16-9-13-12(4)17-15-19(13)11(3)10-21-15/h10,16H,5-9H2,1-4H3. The molecule has 0 saturated carbocycles. The van der Waals surface area contributed by atoms with Crippen LogP contribution < -0.4 is 5.32 Å². The molecule has 0 aromatic carbocycles. The summed E-state index contributed by atoms with van der Waals surface area (Å²) in [7, 11) is 0. The number of nitrogens with one attached hydrogen (secondary N) is 1. The number of aromatic nitrogens is 2. The lowest BCUT2D eigenvalue weighted by Crippen LogP contribution is -2.32. The van der Waals surface area contributed by atoms with Gasteiger partial charge in [0.15, 0.2) is 4.96 Å². The average Bonchev–Trinajstić information content (AvgIpc) is 2.96. The summed E-state index contributed by atoms with van der Waals surface area (Å²) in [6, 6.07) is 0. The third kappa shape index (κ3) is 3.44. The van der Waals surface area contributed by atoms with Gasteiger partial charge in [-0.15, -0.1) is 11.3 Å². The number of hydrogen-bond acceptors (Lipinski definition) is 4. The summed E-state index contributed by atoms with van der Waals surface area (Å²) in [5.74, 6) is 0.217. The molecule has 0 spiro atoms. The van der Waals surface area contributed by atoms with Crippen LogP contribution in [0.25, 0.3) is 4.96 Å². The van der Waals surface area contributed by atoms with E-state index in [0.717, 1.165) is 30.3 Å². The van der Waals surface area contributed by atoms with Crippen LogP contribution in [0.2, 0.25) is 0 Å². The van der Waals surface area contributed by atoms with E-state index in [0.29, 0.717) is 13.0 Å². The molecule has 0 radical (unpaired) electrons. The monoisotopic (exact) mass is 308 g/mol. The maximum Gasteiger partial charge on any atom is 0.223 e. The predicted octanol–water partition coefficient (Wildman–Crippen LogP) is 2.36. The first-order chi connectivity index (χ1) is 10.1. The number of imidazole rings is 1. The van der Waals surface area contributed by atoms with Crippen molar-refractivity contribution in [2.45, 2.75) is 40.7 Å². The minimum Gasteiger partial charge on any atom is -0.343 e. The molecule has 5 nitrogen and oxygen atoms in total. The first-order valence-corrected chi connectivity index (χ1v) is 8.36. The fourth-order valence-corrected chi connectivity index (χ4v) is 3.44. The van der Waals surface area contributed by atoms with Gasteiger partial charge in [0.1, 0.15) is 0 Å². The molecule has 21 heavy (non-hydrogen) atoms. The number of carbonyl (C=O) groups excluding carboxylic acids is 1. The van der Waals surface area contributed by atoms with Crippen LogP contribution in [0, 0.1) is 13.8 Å². The second-order valence-corrected chi connectivity index (χ2v) is 5.97. The molecule has 0 unspecified atom stereocenters. The number of fused-ring (bicyclic) bond motifs is 1. The summed E-state index contributed by atoms with van der Waals surface area (Å²) in [4.78, 5) is 19.4. The highest BCUT2D eigenvalue weighted by atomic mass is 32.1. The first kappa shape index (κ1) is 16.0. The van der Waals surface area contributed by atoms with Crippen LogP contribution in [0.5, 0.6) is 0 Å². The zero-order chi connectivity index (χ0) is 15.4. The molecule has 0 aliphatic carbocycles. The van der Waals surface area contributed by atoms with Crippen LogP contribution >= 0.6 is 11.3 Å². The summed E-state index contributed by atoms with van der Waals surface area (Å²) >= 11 is 1.67. The van der Waals surface area contributed by atoms with Gasteiger partial charge in [0.25, 0.3) is 0 Å². The number of aryl methyl sites for hydroxylation is 2. The minimum atomic E-state index is 0.217. The Labute approximate surface area is 130 Å². The summed E-state index contributed by atoms with van der Waals surface area (Å²) < 4.78 is 2.19. The highest BCUT2D eigenvalue weighted by Gasteiger charge is 2.12. The van der Waals surface area contributed by atoms with E-state index in [2.05, 4.69) is 27.0 Å².